The highest BCUT2D eigenvalue weighted by atomic mass is 35.5. The molecule has 1 saturated heterocycles. The van der Waals surface area contributed by atoms with Crippen LogP contribution in [0.2, 0.25) is 5.15 Å². The van der Waals surface area contributed by atoms with Gasteiger partial charge in [0.2, 0.25) is 0 Å². The van der Waals surface area contributed by atoms with Crippen molar-refractivity contribution >= 4 is 68.8 Å². The zero-order valence-electron chi connectivity index (χ0n) is 13.9. The van der Waals surface area contributed by atoms with Crippen molar-refractivity contribution in [1.82, 2.24) is 9.88 Å². The summed E-state index contributed by atoms with van der Waals surface area (Å²) < 4.78 is 0.423. The number of halogens is 1. The molecule has 0 saturated carbocycles. The molecule has 1 fully saturated rings. The zero-order valence-corrected chi connectivity index (χ0v) is 16.2. The van der Waals surface area contributed by atoms with Gasteiger partial charge < -0.3 is 5.11 Å². The first kappa shape index (κ1) is 18.8. The van der Waals surface area contributed by atoms with Crippen molar-refractivity contribution in [3.05, 3.63) is 45.5 Å². The van der Waals surface area contributed by atoms with Gasteiger partial charge in [-0.2, -0.15) is 0 Å². The van der Waals surface area contributed by atoms with Gasteiger partial charge in [0.05, 0.1) is 10.4 Å². The van der Waals surface area contributed by atoms with Crippen LogP contribution in [0.5, 0.6) is 0 Å². The second-order valence-electron chi connectivity index (χ2n) is 5.85. The molecular formula is C18H15ClN2O3S2. The van der Waals surface area contributed by atoms with Gasteiger partial charge in [0, 0.05) is 23.9 Å². The van der Waals surface area contributed by atoms with Gasteiger partial charge in [-0.1, -0.05) is 53.8 Å². The molecular weight excluding hydrogens is 392 g/mol. The first-order valence-electron chi connectivity index (χ1n) is 7.90. The Hall–Kier alpha value is -1.96. The molecule has 134 valence electrons. The van der Waals surface area contributed by atoms with Crippen LogP contribution in [-0.2, 0) is 9.59 Å². The molecule has 1 aromatic carbocycles. The van der Waals surface area contributed by atoms with Gasteiger partial charge in [0.25, 0.3) is 5.91 Å². The number of aliphatic carboxylic acids is 1. The van der Waals surface area contributed by atoms with Gasteiger partial charge in [0.15, 0.2) is 0 Å². The second-order valence-corrected chi connectivity index (χ2v) is 7.88. The number of aromatic nitrogens is 1. The molecule has 26 heavy (non-hydrogen) atoms. The smallest absolute Gasteiger partial charge is 0.303 e. The van der Waals surface area contributed by atoms with Gasteiger partial charge in [-0.3, -0.25) is 14.5 Å². The minimum absolute atomic E-state index is 0.00409. The van der Waals surface area contributed by atoms with Crippen molar-refractivity contribution in [2.75, 3.05) is 6.54 Å². The summed E-state index contributed by atoms with van der Waals surface area (Å²) >= 11 is 12.7. The van der Waals surface area contributed by atoms with E-state index in [1.165, 1.54) is 16.7 Å². The second kappa shape index (κ2) is 7.73. The summed E-state index contributed by atoms with van der Waals surface area (Å²) in [5.41, 5.74) is 2.51. The number of carboxylic acids is 1. The fourth-order valence-electron chi connectivity index (χ4n) is 2.66. The van der Waals surface area contributed by atoms with E-state index in [2.05, 4.69) is 4.98 Å². The lowest BCUT2D eigenvalue weighted by molar-refractivity contribution is -0.137. The molecule has 1 aliphatic heterocycles. The summed E-state index contributed by atoms with van der Waals surface area (Å²) in [5.74, 6) is -1.12. The number of thioether (sulfide) groups is 1. The van der Waals surface area contributed by atoms with E-state index in [0.29, 0.717) is 26.4 Å². The maximum atomic E-state index is 12.6. The minimum Gasteiger partial charge on any atom is -0.481 e. The number of aryl methyl sites for hydroxylation is 1. The number of benzene rings is 1. The summed E-state index contributed by atoms with van der Waals surface area (Å²) in [7, 11) is 0. The van der Waals surface area contributed by atoms with E-state index < -0.39 is 5.97 Å². The Morgan fingerprint density at radius 1 is 1.46 bits per heavy atom. The third kappa shape index (κ3) is 3.90. The molecule has 3 rings (SSSR count). The number of nitrogens with zero attached hydrogens (tertiary/aromatic N) is 2. The minimum atomic E-state index is -0.893. The van der Waals surface area contributed by atoms with Crippen molar-refractivity contribution < 1.29 is 14.7 Å². The number of carbonyl (C=O) groups excluding carboxylic acids is 1. The fraction of sp³-hybridized carbons (Fsp3) is 0.222. The normalized spacial score (nSPS) is 16.1. The predicted octanol–water partition coefficient (Wildman–Crippen LogP) is 4.26. The molecule has 0 bridgehead atoms. The Morgan fingerprint density at radius 3 is 2.96 bits per heavy atom. The van der Waals surface area contributed by atoms with Crippen LogP contribution < -0.4 is 0 Å². The molecule has 1 N–H and O–H groups in total. The molecule has 1 amide bonds. The van der Waals surface area contributed by atoms with E-state index in [9.17, 15) is 9.59 Å². The highest BCUT2D eigenvalue weighted by Gasteiger charge is 2.31. The van der Waals surface area contributed by atoms with Crippen LogP contribution >= 0.6 is 35.6 Å². The molecule has 8 heteroatoms. The van der Waals surface area contributed by atoms with Crippen LogP contribution in [0.1, 0.15) is 24.0 Å². The van der Waals surface area contributed by atoms with E-state index in [-0.39, 0.29) is 18.9 Å². The van der Waals surface area contributed by atoms with Crippen molar-refractivity contribution in [3.8, 4) is 0 Å². The Bertz CT molecular complexity index is 959. The Morgan fingerprint density at radius 2 is 2.23 bits per heavy atom. The standard InChI is InChI=1S/C18H15ClN2O3S2/c1-10-4-2-5-11-8-12(16(19)20-15(10)11)9-13-17(24)21(18(25)26-13)7-3-6-14(22)23/h2,4-5,8-9H,3,6-7H2,1H3,(H,22,23)/b13-9-. The maximum Gasteiger partial charge on any atom is 0.303 e. The number of fused-ring (bicyclic) bond motifs is 1. The Balaban J connectivity index is 1.87. The largest absolute Gasteiger partial charge is 0.481 e. The molecule has 1 aromatic heterocycles. The predicted molar refractivity (Wildman–Crippen MR) is 108 cm³/mol. The molecule has 0 spiro atoms. The topological polar surface area (TPSA) is 70.5 Å². The van der Waals surface area contributed by atoms with E-state index in [4.69, 9.17) is 28.9 Å². The van der Waals surface area contributed by atoms with Gasteiger partial charge in [-0.05, 0) is 31.1 Å². The lowest BCUT2D eigenvalue weighted by atomic mass is 10.1. The number of para-hydroxylation sites is 1. The number of hydrogen-bond acceptors (Lipinski definition) is 5. The highest BCUT2D eigenvalue weighted by Crippen LogP contribution is 2.34. The summed E-state index contributed by atoms with van der Waals surface area (Å²) in [5, 5.41) is 9.99. The van der Waals surface area contributed by atoms with E-state index >= 15 is 0 Å². The lowest BCUT2D eigenvalue weighted by Gasteiger charge is -2.13. The number of carboxylic acid groups (broad SMARTS) is 1. The first-order valence-corrected chi connectivity index (χ1v) is 9.50. The average molecular weight is 407 g/mol. The number of amides is 1. The number of rotatable bonds is 5. The fourth-order valence-corrected chi connectivity index (χ4v) is 4.16. The van der Waals surface area contributed by atoms with E-state index in [1.807, 2.05) is 31.2 Å². The lowest BCUT2D eigenvalue weighted by Crippen LogP contribution is -2.29. The Labute approximate surface area is 165 Å². The Kier molecular flexibility index (Phi) is 5.60. The molecule has 0 atom stereocenters. The molecule has 0 aliphatic carbocycles. The van der Waals surface area contributed by atoms with Gasteiger partial charge in [-0.15, -0.1) is 0 Å². The van der Waals surface area contributed by atoms with Crippen molar-refractivity contribution in [2.45, 2.75) is 19.8 Å². The van der Waals surface area contributed by atoms with Crippen LogP contribution in [-0.4, -0.2) is 37.7 Å². The van der Waals surface area contributed by atoms with Gasteiger partial charge in [0.1, 0.15) is 9.47 Å². The number of thiocarbonyl (C=S) groups is 1. The molecule has 5 nitrogen and oxygen atoms in total. The third-order valence-corrected chi connectivity index (χ3v) is 5.64. The number of hydrogen-bond donors (Lipinski definition) is 1. The molecule has 0 unspecified atom stereocenters. The number of carbonyl (C=O) groups is 2. The summed E-state index contributed by atoms with van der Waals surface area (Å²) in [4.78, 5) is 29.5. The molecule has 2 aromatic rings. The average Bonchev–Trinajstić information content (AvgIpc) is 2.84. The van der Waals surface area contributed by atoms with E-state index in [0.717, 1.165) is 16.5 Å². The van der Waals surface area contributed by atoms with Crippen molar-refractivity contribution in [3.63, 3.8) is 0 Å². The monoisotopic (exact) mass is 406 g/mol. The summed E-state index contributed by atoms with van der Waals surface area (Å²) in [6, 6.07) is 7.75. The van der Waals surface area contributed by atoms with Gasteiger partial charge >= 0.3 is 5.97 Å². The van der Waals surface area contributed by atoms with E-state index in [1.54, 1.807) is 6.08 Å². The third-order valence-electron chi connectivity index (χ3n) is 3.96. The quantitative estimate of drug-likeness (QED) is 0.454. The van der Waals surface area contributed by atoms with Crippen LogP contribution in [0.15, 0.2) is 29.2 Å². The van der Waals surface area contributed by atoms with Crippen LogP contribution in [0.4, 0.5) is 0 Å². The molecule has 0 radical (unpaired) electrons. The van der Waals surface area contributed by atoms with Crippen molar-refractivity contribution in [1.29, 1.82) is 0 Å². The summed E-state index contributed by atoms with van der Waals surface area (Å²) in [6.45, 7) is 2.25. The molecule has 1 aliphatic rings. The zero-order chi connectivity index (χ0) is 18.8. The van der Waals surface area contributed by atoms with Crippen molar-refractivity contribution in [2.24, 2.45) is 0 Å². The SMILES string of the molecule is Cc1cccc2cc(/C=C3\SC(=S)N(CCCC(=O)O)C3=O)c(Cl)nc12. The van der Waals surface area contributed by atoms with Crippen LogP contribution in [0.3, 0.4) is 0 Å². The molecule has 2 heterocycles. The van der Waals surface area contributed by atoms with Gasteiger partial charge in [-0.25, -0.2) is 4.98 Å². The first-order chi connectivity index (χ1) is 12.4. The summed E-state index contributed by atoms with van der Waals surface area (Å²) in [6.07, 6.45) is 2.04. The van der Waals surface area contributed by atoms with Crippen LogP contribution in [0.25, 0.3) is 17.0 Å². The highest BCUT2D eigenvalue weighted by molar-refractivity contribution is 8.26. The maximum absolute atomic E-state index is 12.6. The number of pyridine rings is 1. The van der Waals surface area contributed by atoms with Crippen LogP contribution in [0, 0.1) is 6.92 Å².